The van der Waals surface area contributed by atoms with Gasteiger partial charge in [0, 0.05) is 29.3 Å². The topological polar surface area (TPSA) is 85.7 Å². The fourth-order valence-electron chi connectivity index (χ4n) is 3.80. The third-order valence-corrected chi connectivity index (χ3v) is 6.54. The van der Waals surface area contributed by atoms with E-state index < -0.39 is 5.25 Å². The average Bonchev–Trinajstić information content (AvgIpc) is 3.54. The molecule has 0 aliphatic carbocycles. The van der Waals surface area contributed by atoms with E-state index in [2.05, 4.69) is 20.5 Å². The minimum absolute atomic E-state index is 0.0234. The molecule has 1 aliphatic rings. The quantitative estimate of drug-likeness (QED) is 0.359. The standard InChI is InChI=1S/C22H21N5O2S/c28-20(18-13-23-19-11-5-4-10-17(18)19)21(15-7-2-1-3-8-15)30-22-24-25-26-27(22)14-16-9-6-12-29-16/h1-5,7-8,10-11,13,16,21,23H,6,9,12,14H2/t16-,21+/m0/s1. The third kappa shape index (κ3) is 3.76. The Morgan fingerprint density at radius 3 is 2.87 bits per heavy atom. The van der Waals surface area contributed by atoms with E-state index in [-0.39, 0.29) is 11.9 Å². The molecule has 7 nitrogen and oxygen atoms in total. The van der Waals surface area contributed by atoms with Crippen molar-refractivity contribution in [2.45, 2.75) is 35.9 Å². The number of tetrazole rings is 1. The Bertz CT molecular complexity index is 1150. The molecule has 30 heavy (non-hydrogen) atoms. The molecule has 8 heteroatoms. The molecule has 0 spiro atoms. The van der Waals surface area contributed by atoms with E-state index in [1.165, 1.54) is 11.8 Å². The van der Waals surface area contributed by atoms with Crippen LogP contribution in [0.4, 0.5) is 0 Å². The molecule has 1 aliphatic heterocycles. The van der Waals surface area contributed by atoms with Crippen LogP contribution in [0.1, 0.15) is 34.0 Å². The van der Waals surface area contributed by atoms with Gasteiger partial charge >= 0.3 is 0 Å². The van der Waals surface area contributed by atoms with Gasteiger partial charge in [-0.05, 0) is 34.9 Å². The molecular formula is C22H21N5O2S. The molecule has 0 saturated carbocycles. The van der Waals surface area contributed by atoms with Crippen LogP contribution in [0.3, 0.4) is 0 Å². The Morgan fingerprint density at radius 2 is 2.03 bits per heavy atom. The predicted molar refractivity (Wildman–Crippen MR) is 114 cm³/mol. The van der Waals surface area contributed by atoms with Gasteiger partial charge in [-0.3, -0.25) is 4.79 Å². The molecule has 0 amide bonds. The number of carbonyl (C=O) groups is 1. The first kappa shape index (κ1) is 19.0. The van der Waals surface area contributed by atoms with Crippen LogP contribution in [-0.4, -0.2) is 43.7 Å². The second-order valence-corrected chi connectivity index (χ2v) is 8.37. The van der Waals surface area contributed by atoms with Crippen LogP contribution in [0.2, 0.25) is 0 Å². The Labute approximate surface area is 177 Å². The Morgan fingerprint density at radius 1 is 1.20 bits per heavy atom. The van der Waals surface area contributed by atoms with Gasteiger partial charge in [0.25, 0.3) is 0 Å². The minimum atomic E-state index is -0.459. The van der Waals surface area contributed by atoms with Crippen LogP contribution >= 0.6 is 11.8 Å². The highest BCUT2D eigenvalue weighted by Gasteiger charge is 2.28. The van der Waals surface area contributed by atoms with Gasteiger partial charge in [0.05, 0.1) is 12.6 Å². The fourth-order valence-corrected chi connectivity index (χ4v) is 4.85. The highest BCUT2D eigenvalue weighted by molar-refractivity contribution is 8.00. The van der Waals surface area contributed by atoms with Crippen LogP contribution in [-0.2, 0) is 11.3 Å². The number of carbonyl (C=O) groups excluding carboxylic acids is 1. The Hall–Kier alpha value is -2.97. The normalized spacial score (nSPS) is 17.4. The molecule has 1 N–H and O–H groups in total. The zero-order valence-corrected chi connectivity index (χ0v) is 17.1. The first-order valence-electron chi connectivity index (χ1n) is 9.99. The second-order valence-electron chi connectivity index (χ2n) is 7.30. The van der Waals surface area contributed by atoms with Gasteiger partial charge < -0.3 is 9.72 Å². The summed E-state index contributed by atoms with van der Waals surface area (Å²) in [5.41, 5.74) is 2.54. The summed E-state index contributed by atoms with van der Waals surface area (Å²) in [6, 6.07) is 17.6. The zero-order chi connectivity index (χ0) is 20.3. The van der Waals surface area contributed by atoms with Crippen molar-refractivity contribution in [3.8, 4) is 0 Å². The van der Waals surface area contributed by atoms with Gasteiger partial charge in [-0.1, -0.05) is 60.3 Å². The number of ketones is 1. The molecule has 1 fully saturated rings. The summed E-state index contributed by atoms with van der Waals surface area (Å²) in [5.74, 6) is 0.0234. The van der Waals surface area contributed by atoms with E-state index in [0.717, 1.165) is 35.9 Å². The van der Waals surface area contributed by atoms with Crippen LogP contribution in [0.15, 0.2) is 66.0 Å². The number of aromatic nitrogens is 5. The smallest absolute Gasteiger partial charge is 0.210 e. The average molecular weight is 420 g/mol. The highest BCUT2D eigenvalue weighted by Crippen LogP contribution is 2.38. The maximum Gasteiger partial charge on any atom is 0.210 e. The number of thioether (sulfide) groups is 1. The van der Waals surface area contributed by atoms with Crippen LogP contribution < -0.4 is 0 Å². The van der Waals surface area contributed by atoms with E-state index in [9.17, 15) is 4.79 Å². The lowest BCUT2D eigenvalue weighted by Gasteiger charge is -2.16. The van der Waals surface area contributed by atoms with Crippen LogP contribution in [0, 0.1) is 0 Å². The number of benzene rings is 2. The number of hydrogen-bond acceptors (Lipinski definition) is 6. The number of Topliss-reactive ketones (excluding diaryl/α,β-unsaturated/α-hetero) is 1. The number of nitrogens with zero attached hydrogens (tertiary/aromatic N) is 4. The van der Waals surface area contributed by atoms with Crippen molar-refractivity contribution in [3.63, 3.8) is 0 Å². The zero-order valence-electron chi connectivity index (χ0n) is 16.3. The number of nitrogens with one attached hydrogen (secondary N) is 1. The molecule has 0 radical (unpaired) electrons. The van der Waals surface area contributed by atoms with E-state index >= 15 is 0 Å². The lowest BCUT2D eigenvalue weighted by molar-refractivity contribution is 0.0911. The van der Waals surface area contributed by atoms with Gasteiger partial charge in [0.2, 0.25) is 5.16 Å². The van der Waals surface area contributed by atoms with Crippen molar-refractivity contribution < 1.29 is 9.53 Å². The molecule has 1 saturated heterocycles. The van der Waals surface area contributed by atoms with Crippen molar-refractivity contribution in [2.75, 3.05) is 6.61 Å². The SMILES string of the molecule is O=C(c1c[nH]c2ccccc12)[C@H](Sc1nnnn1C[C@@H]1CCCO1)c1ccccc1. The molecular weight excluding hydrogens is 398 g/mol. The van der Waals surface area contributed by atoms with Gasteiger partial charge in [0.1, 0.15) is 5.25 Å². The van der Waals surface area contributed by atoms with Crippen LogP contribution in [0.5, 0.6) is 0 Å². The number of rotatable bonds is 7. The lowest BCUT2D eigenvalue weighted by Crippen LogP contribution is -2.18. The van der Waals surface area contributed by atoms with Gasteiger partial charge in [-0.15, -0.1) is 5.10 Å². The van der Waals surface area contributed by atoms with Gasteiger partial charge in [0.15, 0.2) is 5.78 Å². The first-order valence-corrected chi connectivity index (χ1v) is 10.9. The molecule has 5 rings (SSSR count). The molecule has 0 unspecified atom stereocenters. The minimum Gasteiger partial charge on any atom is -0.376 e. The molecule has 3 heterocycles. The number of aromatic amines is 1. The molecule has 2 aromatic carbocycles. The third-order valence-electron chi connectivity index (χ3n) is 5.32. The largest absolute Gasteiger partial charge is 0.376 e. The maximum atomic E-state index is 13.7. The monoisotopic (exact) mass is 419 g/mol. The summed E-state index contributed by atoms with van der Waals surface area (Å²) < 4.78 is 7.48. The fraction of sp³-hybridized carbons (Fsp3) is 0.273. The molecule has 2 atom stereocenters. The summed E-state index contributed by atoms with van der Waals surface area (Å²) in [4.78, 5) is 16.9. The number of para-hydroxylation sites is 1. The number of fused-ring (bicyclic) bond motifs is 1. The summed E-state index contributed by atoms with van der Waals surface area (Å²) in [6.45, 7) is 1.37. The predicted octanol–water partition coefficient (Wildman–Crippen LogP) is 4.05. The van der Waals surface area contributed by atoms with E-state index in [1.807, 2.05) is 54.6 Å². The van der Waals surface area contributed by atoms with E-state index in [1.54, 1.807) is 10.9 Å². The van der Waals surface area contributed by atoms with E-state index in [4.69, 9.17) is 4.74 Å². The Balaban J connectivity index is 1.48. The summed E-state index contributed by atoms with van der Waals surface area (Å²) in [7, 11) is 0. The Kier molecular flexibility index (Phi) is 5.33. The van der Waals surface area contributed by atoms with Crippen molar-refractivity contribution in [3.05, 3.63) is 71.9 Å². The number of ether oxygens (including phenoxy) is 1. The van der Waals surface area contributed by atoms with Gasteiger partial charge in [-0.25, -0.2) is 4.68 Å². The number of hydrogen-bond donors (Lipinski definition) is 1. The molecule has 2 aromatic heterocycles. The highest BCUT2D eigenvalue weighted by atomic mass is 32.2. The second kappa shape index (κ2) is 8.41. The van der Waals surface area contributed by atoms with Crippen molar-refractivity contribution in [1.82, 2.24) is 25.2 Å². The first-order chi connectivity index (χ1) is 14.8. The lowest BCUT2D eigenvalue weighted by atomic mass is 10.0. The van der Waals surface area contributed by atoms with Crippen molar-refractivity contribution in [2.24, 2.45) is 0 Å². The molecule has 152 valence electrons. The molecule has 0 bridgehead atoms. The summed E-state index contributed by atoms with van der Waals surface area (Å²) in [5, 5.41) is 13.3. The van der Waals surface area contributed by atoms with Crippen molar-refractivity contribution >= 4 is 28.4 Å². The van der Waals surface area contributed by atoms with Crippen LogP contribution in [0.25, 0.3) is 10.9 Å². The molecule has 4 aromatic rings. The van der Waals surface area contributed by atoms with Crippen molar-refractivity contribution in [1.29, 1.82) is 0 Å². The maximum absolute atomic E-state index is 13.7. The summed E-state index contributed by atoms with van der Waals surface area (Å²) in [6.07, 6.45) is 3.97. The summed E-state index contributed by atoms with van der Waals surface area (Å²) >= 11 is 1.38. The van der Waals surface area contributed by atoms with E-state index in [0.29, 0.717) is 17.3 Å². The number of H-pyrrole nitrogens is 1. The van der Waals surface area contributed by atoms with Gasteiger partial charge in [-0.2, -0.15) is 0 Å².